The highest BCUT2D eigenvalue weighted by molar-refractivity contribution is 7.18. The van der Waals surface area contributed by atoms with Crippen molar-refractivity contribution >= 4 is 54.8 Å². The van der Waals surface area contributed by atoms with E-state index in [1.807, 2.05) is 11.0 Å². The van der Waals surface area contributed by atoms with Gasteiger partial charge in [-0.25, -0.2) is 15.0 Å². The SMILES string of the molecule is O=C(CCCCc1nc2ccccc2s1)N1CCN(c2ncnc3sccc23)CC1. The maximum absolute atomic E-state index is 12.6. The Labute approximate surface area is 183 Å². The zero-order valence-corrected chi connectivity index (χ0v) is 18.3. The van der Waals surface area contributed by atoms with Crippen LogP contribution >= 0.6 is 22.7 Å². The minimum Gasteiger partial charge on any atom is -0.352 e. The van der Waals surface area contributed by atoms with Crippen molar-refractivity contribution in [1.82, 2.24) is 19.9 Å². The smallest absolute Gasteiger partial charge is 0.222 e. The summed E-state index contributed by atoms with van der Waals surface area (Å²) in [6.07, 6.45) is 5.12. The van der Waals surface area contributed by atoms with Crippen LogP contribution in [-0.2, 0) is 11.2 Å². The highest BCUT2D eigenvalue weighted by atomic mass is 32.1. The molecule has 0 bridgehead atoms. The van der Waals surface area contributed by atoms with Gasteiger partial charge in [0.05, 0.1) is 20.6 Å². The fourth-order valence-corrected chi connectivity index (χ4v) is 5.67. The van der Waals surface area contributed by atoms with E-state index in [0.717, 1.165) is 67.0 Å². The molecule has 1 fully saturated rings. The number of nitrogens with zero attached hydrogens (tertiary/aromatic N) is 5. The normalized spacial score (nSPS) is 14.7. The van der Waals surface area contributed by atoms with Crippen LogP contribution in [0.25, 0.3) is 20.4 Å². The zero-order chi connectivity index (χ0) is 20.3. The molecule has 1 aromatic carbocycles. The van der Waals surface area contributed by atoms with Crippen LogP contribution in [0.2, 0.25) is 0 Å². The first-order valence-electron chi connectivity index (χ1n) is 10.3. The molecule has 0 radical (unpaired) electrons. The van der Waals surface area contributed by atoms with Crippen molar-refractivity contribution in [2.24, 2.45) is 0 Å². The van der Waals surface area contributed by atoms with Gasteiger partial charge < -0.3 is 9.80 Å². The monoisotopic (exact) mass is 437 g/mol. The third-order valence-electron chi connectivity index (χ3n) is 5.54. The maximum atomic E-state index is 12.6. The Kier molecular flexibility index (Phi) is 5.59. The van der Waals surface area contributed by atoms with Gasteiger partial charge in [0.25, 0.3) is 0 Å². The number of benzene rings is 1. The predicted octanol–water partition coefficient (Wildman–Crippen LogP) is 4.36. The fourth-order valence-electron chi connectivity index (χ4n) is 3.93. The van der Waals surface area contributed by atoms with Crippen LogP contribution in [0.15, 0.2) is 42.0 Å². The Morgan fingerprint density at radius 3 is 2.77 bits per heavy atom. The molecule has 1 saturated heterocycles. The average molecular weight is 438 g/mol. The Bertz CT molecular complexity index is 1130. The fraction of sp³-hybridized carbons (Fsp3) is 0.364. The van der Waals surface area contributed by atoms with E-state index in [2.05, 4.69) is 49.5 Å². The first-order valence-corrected chi connectivity index (χ1v) is 12.0. The number of fused-ring (bicyclic) bond motifs is 2. The summed E-state index contributed by atoms with van der Waals surface area (Å²) in [5, 5.41) is 4.33. The Morgan fingerprint density at radius 1 is 1.03 bits per heavy atom. The molecule has 8 heteroatoms. The third kappa shape index (κ3) is 4.02. The van der Waals surface area contributed by atoms with Gasteiger partial charge >= 0.3 is 0 Å². The first kappa shape index (κ1) is 19.4. The van der Waals surface area contributed by atoms with E-state index in [1.165, 1.54) is 9.71 Å². The van der Waals surface area contributed by atoms with Gasteiger partial charge in [0.1, 0.15) is 17.0 Å². The van der Waals surface area contributed by atoms with Crippen LogP contribution in [-0.4, -0.2) is 51.9 Å². The number of thiophene rings is 1. The summed E-state index contributed by atoms with van der Waals surface area (Å²) < 4.78 is 1.24. The number of hydrogen-bond donors (Lipinski definition) is 0. The van der Waals surface area contributed by atoms with Gasteiger partial charge in [0, 0.05) is 32.6 Å². The number of hydrogen-bond acceptors (Lipinski definition) is 7. The van der Waals surface area contributed by atoms with E-state index in [4.69, 9.17) is 0 Å². The predicted molar refractivity (Wildman–Crippen MR) is 123 cm³/mol. The Hall–Kier alpha value is -2.58. The number of amides is 1. The quantitative estimate of drug-likeness (QED) is 0.419. The van der Waals surface area contributed by atoms with E-state index in [1.54, 1.807) is 29.0 Å². The van der Waals surface area contributed by atoms with E-state index < -0.39 is 0 Å². The van der Waals surface area contributed by atoms with Gasteiger partial charge in [0.2, 0.25) is 5.91 Å². The number of anilines is 1. The number of piperazine rings is 1. The van der Waals surface area contributed by atoms with Crippen molar-refractivity contribution in [3.63, 3.8) is 0 Å². The minimum atomic E-state index is 0.266. The Balaban J connectivity index is 1.09. The number of unbranched alkanes of at least 4 members (excludes halogenated alkanes) is 1. The van der Waals surface area contributed by atoms with E-state index in [0.29, 0.717) is 6.42 Å². The molecule has 0 saturated carbocycles. The van der Waals surface area contributed by atoms with Crippen molar-refractivity contribution in [3.05, 3.63) is 47.0 Å². The second-order valence-electron chi connectivity index (χ2n) is 7.49. The largest absolute Gasteiger partial charge is 0.352 e. The molecule has 0 spiro atoms. The number of rotatable bonds is 6. The van der Waals surface area contributed by atoms with Gasteiger partial charge in [-0.15, -0.1) is 22.7 Å². The highest BCUT2D eigenvalue weighted by Crippen LogP contribution is 2.27. The second kappa shape index (κ2) is 8.65. The lowest BCUT2D eigenvalue weighted by Crippen LogP contribution is -2.49. The average Bonchev–Trinajstić information content (AvgIpc) is 3.43. The summed E-state index contributed by atoms with van der Waals surface area (Å²) in [5.74, 6) is 1.26. The summed E-state index contributed by atoms with van der Waals surface area (Å²) in [4.78, 5) is 31.4. The van der Waals surface area contributed by atoms with Gasteiger partial charge in [-0.05, 0) is 42.8 Å². The lowest BCUT2D eigenvalue weighted by molar-refractivity contribution is -0.131. The molecule has 30 heavy (non-hydrogen) atoms. The summed E-state index contributed by atoms with van der Waals surface area (Å²) in [6, 6.07) is 10.3. The highest BCUT2D eigenvalue weighted by Gasteiger charge is 2.23. The molecule has 0 atom stereocenters. The summed E-state index contributed by atoms with van der Waals surface area (Å²) >= 11 is 3.40. The van der Waals surface area contributed by atoms with Crippen molar-refractivity contribution < 1.29 is 4.79 Å². The molecule has 1 aliphatic rings. The molecule has 6 nitrogen and oxygen atoms in total. The summed E-state index contributed by atoms with van der Waals surface area (Å²) in [7, 11) is 0. The van der Waals surface area contributed by atoms with Crippen LogP contribution in [0.4, 0.5) is 5.82 Å². The van der Waals surface area contributed by atoms with Crippen LogP contribution < -0.4 is 4.90 Å². The van der Waals surface area contributed by atoms with Gasteiger partial charge in [0.15, 0.2) is 0 Å². The van der Waals surface area contributed by atoms with Crippen LogP contribution in [0.3, 0.4) is 0 Å². The van der Waals surface area contributed by atoms with Crippen LogP contribution in [0, 0.1) is 0 Å². The molecule has 0 unspecified atom stereocenters. The minimum absolute atomic E-state index is 0.266. The molecule has 5 rings (SSSR count). The first-order chi connectivity index (χ1) is 14.8. The van der Waals surface area contributed by atoms with Crippen molar-refractivity contribution in [1.29, 1.82) is 0 Å². The number of carbonyl (C=O) groups is 1. The molecule has 1 amide bonds. The summed E-state index contributed by atoms with van der Waals surface area (Å²) in [5.41, 5.74) is 1.08. The Morgan fingerprint density at radius 2 is 1.90 bits per heavy atom. The van der Waals surface area contributed by atoms with E-state index >= 15 is 0 Å². The molecular weight excluding hydrogens is 414 g/mol. The van der Waals surface area contributed by atoms with Crippen LogP contribution in [0.5, 0.6) is 0 Å². The van der Waals surface area contributed by atoms with Crippen molar-refractivity contribution in [2.75, 3.05) is 31.1 Å². The van der Waals surface area contributed by atoms with Gasteiger partial charge in [-0.2, -0.15) is 0 Å². The van der Waals surface area contributed by atoms with Gasteiger partial charge in [-0.1, -0.05) is 12.1 Å². The number of aromatic nitrogens is 3. The molecule has 0 aliphatic carbocycles. The van der Waals surface area contributed by atoms with Crippen molar-refractivity contribution in [2.45, 2.75) is 25.7 Å². The number of carbonyl (C=O) groups excluding carboxylic acids is 1. The van der Waals surface area contributed by atoms with Crippen molar-refractivity contribution in [3.8, 4) is 0 Å². The molecule has 1 aliphatic heterocycles. The zero-order valence-electron chi connectivity index (χ0n) is 16.7. The van der Waals surface area contributed by atoms with Crippen LogP contribution in [0.1, 0.15) is 24.3 Å². The molecule has 4 heterocycles. The van der Waals surface area contributed by atoms with E-state index in [-0.39, 0.29) is 5.91 Å². The van der Waals surface area contributed by atoms with Gasteiger partial charge in [-0.3, -0.25) is 4.79 Å². The molecule has 154 valence electrons. The van der Waals surface area contributed by atoms with E-state index in [9.17, 15) is 4.79 Å². The number of para-hydroxylation sites is 1. The summed E-state index contributed by atoms with van der Waals surface area (Å²) in [6.45, 7) is 3.15. The second-order valence-corrected chi connectivity index (χ2v) is 9.50. The molecular formula is C22H23N5OS2. The lowest BCUT2D eigenvalue weighted by atomic mass is 10.1. The lowest BCUT2D eigenvalue weighted by Gasteiger charge is -2.35. The topological polar surface area (TPSA) is 62.2 Å². The molecule has 4 aromatic rings. The molecule has 0 N–H and O–H groups in total. The maximum Gasteiger partial charge on any atom is 0.222 e. The number of aryl methyl sites for hydroxylation is 1. The number of thiazole rings is 1. The third-order valence-corrected chi connectivity index (χ3v) is 7.46. The standard InChI is InChI=1S/C22H23N5OS2/c28-20(8-4-3-7-19-25-17-5-1-2-6-18(17)30-19)26-10-12-27(13-11-26)21-16-9-14-29-22(16)24-15-23-21/h1-2,5-6,9,14-15H,3-4,7-8,10-13H2. The molecule has 3 aromatic heterocycles.